The van der Waals surface area contributed by atoms with Crippen molar-refractivity contribution in [3.63, 3.8) is 0 Å². The molecule has 0 aromatic heterocycles. The lowest BCUT2D eigenvalue weighted by molar-refractivity contribution is -0.113. The van der Waals surface area contributed by atoms with Crippen LogP contribution in [0.5, 0.6) is 0 Å². The van der Waals surface area contributed by atoms with Crippen molar-refractivity contribution in [1.29, 1.82) is 0 Å². The number of primary amides is 1. The zero-order valence-corrected chi connectivity index (χ0v) is 7.07. The molecule has 12 heavy (non-hydrogen) atoms. The van der Waals surface area contributed by atoms with Crippen LogP contribution in [0, 0.1) is 0 Å². The van der Waals surface area contributed by atoms with Crippen molar-refractivity contribution in [3.05, 3.63) is 37.6 Å². The minimum absolute atomic E-state index is 0.451. The second-order valence-corrected chi connectivity index (χ2v) is 2.25. The largest absolute Gasteiger partial charge is 0.370 e. The highest BCUT2D eigenvalue weighted by Crippen LogP contribution is 1.90. The van der Waals surface area contributed by atoms with Gasteiger partial charge in [-0.1, -0.05) is 12.2 Å². The van der Waals surface area contributed by atoms with Crippen LogP contribution >= 0.6 is 0 Å². The second kappa shape index (κ2) is 6.22. The standard InChI is InChI=1S/C9H14N2O/c1-3-6-11(7-4-2)8-5-9(10)12/h3-5,8H,1-2,6-7H2,(H2,10,12). The third kappa shape index (κ3) is 5.29. The van der Waals surface area contributed by atoms with Crippen molar-refractivity contribution in [1.82, 2.24) is 4.90 Å². The smallest absolute Gasteiger partial charge is 0.242 e. The van der Waals surface area contributed by atoms with Gasteiger partial charge in [-0.25, -0.2) is 0 Å². The average Bonchev–Trinajstić information content (AvgIpc) is 2.01. The Labute approximate surface area is 72.9 Å². The molecule has 0 heterocycles. The number of amides is 1. The minimum atomic E-state index is -0.451. The Kier molecular flexibility index (Phi) is 5.43. The van der Waals surface area contributed by atoms with E-state index in [0.717, 1.165) is 0 Å². The summed E-state index contributed by atoms with van der Waals surface area (Å²) in [6, 6.07) is 0. The maximum Gasteiger partial charge on any atom is 0.242 e. The highest BCUT2D eigenvalue weighted by molar-refractivity contribution is 5.85. The van der Waals surface area contributed by atoms with Crippen LogP contribution < -0.4 is 5.73 Å². The van der Waals surface area contributed by atoms with Gasteiger partial charge >= 0.3 is 0 Å². The van der Waals surface area contributed by atoms with Crippen LogP contribution in [0.3, 0.4) is 0 Å². The summed E-state index contributed by atoms with van der Waals surface area (Å²) in [5.41, 5.74) is 4.93. The van der Waals surface area contributed by atoms with E-state index >= 15 is 0 Å². The molecule has 0 aliphatic heterocycles. The maximum atomic E-state index is 10.4. The van der Waals surface area contributed by atoms with Crippen molar-refractivity contribution in [2.24, 2.45) is 5.73 Å². The molecule has 0 bridgehead atoms. The number of hydrogen-bond acceptors (Lipinski definition) is 2. The number of nitrogens with zero attached hydrogens (tertiary/aromatic N) is 1. The number of nitrogens with two attached hydrogens (primary N) is 1. The fourth-order valence-electron chi connectivity index (χ4n) is 0.707. The van der Waals surface area contributed by atoms with Gasteiger partial charge in [0.2, 0.25) is 5.91 Å². The molecule has 0 saturated carbocycles. The molecule has 3 heteroatoms. The summed E-state index contributed by atoms with van der Waals surface area (Å²) in [6.07, 6.45) is 6.43. The van der Waals surface area contributed by atoms with Gasteiger partial charge < -0.3 is 10.6 Å². The average molecular weight is 166 g/mol. The summed E-state index contributed by atoms with van der Waals surface area (Å²) in [4.78, 5) is 12.2. The summed E-state index contributed by atoms with van der Waals surface area (Å²) in [7, 11) is 0. The summed E-state index contributed by atoms with van der Waals surface area (Å²) in [6.45, 7) is 8.52. The molecule has 1 amide bonds. The van der Waals surface area contributed by atoms with E-state index < -0.39 is 5.91 Å². The molecule has 0 spiro atoms. The minimum Gasteiger partial charge on any atom is -0.370 e. The molecule has 0 aromatic carbocycles. The molecule has 0 rings (SSSR count). The molecule has 0 unspecified atom stereocenters. The third-order valence-corrected chi connectivity index (χ3v) is 1.18. The molecule has 0 aromatic rings. The van der Waals surface area contributed by atoms with Gasteiger partial charge in [-0.15, -0.1) is 13.2 Å². The van der Waals surface area contributed by atoms with Crippen LogP contribution in [-0.4, -0.2) is 23.9 Å². The summed E-state index contributed by atoms with van der Waals surface area (Å²) >= 11 is 0. The predicted octanol–water partition coefficient (Wildman–Crippen LogP) is 0.659. The number of carbonyl (C=O) groups is 1. The molecule has 0 aliphatic carbocycles. The highest BCUT2D eigenvalue weighted by Gasteiger charge is 1.92. The van der Waals surface area contributed by atoms with Crippen molar-refractivity contribution < 1.29 is 4.79 Å². The number of rotatable bonds is 6. The monoisotopic (exact) mass is 166 g/mol. The lowest BCUT2D eigenvalue weighted by Crippen LogP contribution is -2.18. The van der Waals surface area contributed by atoms with Crippen molar-refractivity contribution >= 4 is 5.91 Å². The first-order chi connectivity index (χ1) is 5.70. The summed E-state index contributed by atoms with van der Waals surface area (Å²) in [5, 5.41) is 0. The van der Waals surface area contributed by atoms with Crippen LogP contribution in [0.4, 0.5) is 0 Å². The first-order valence-corrected chi connectivity index (χ1v) is 3.64. The van der Waals surface area contributed by atoms with E-state index in [2.05, 4.69) is 13.2 Å². The Hall–Kier alpha value is -1.51. The van der Waals surface area contributed by atoms with E-state index in [1.165, 1.54) is 6.08 Å². The molecule has 0 saturated heterocycles. The topological polar surface area (TPSA) is 46.3 Å². The SMILES string of the molecule is C=CCN(C=CC(N)=O)CC=C. The van der Waals surface area contributed by atoms with Gasteiger partial charge in [-0.05, 0) is 0 Å². The maximum absolute atomic E-state index is 10.4. The molecular weight excluding hydrogens is 152 g/mol. The van der Waals surface area contributed by atoms with Gasteiger partial charge in [0.15, 0.2) is 0 Å². The van der Waals surface area contributed by atoms with Crippen LogP contribution in [0.25, 0.3) is 0 Å². The molecular formula is C9H14N2O. The Bertz CT molecular complexity index is 187. The molecule has 0 radical (unpaired) electrons. The molecule has 3 nitrogen and oxygen atoms in total. The lowest BCUT2D eigenvalue weighted by atomic mass is 10.4. The predicted molar refractivity (Wildman–Crippen MR) is 50.3 cm³/mol. The zero-order valence-electron chi connectivity index (χ0n) is 7.07. The summed E-state index contributed by atoms with van der Waals surface area (Å²) in [5.74, 6) is -0.451. The van der Waals surface area contributed by atoms with Crippen LogP contribution in [0.2, 0.25) is 0 Å². The van der Waals surface area contributed by atoms with Crippen LogP contribution in [0.1, 0.15) is 0 Å². The fraction of sp³-hybridized carbons (Fsp3) is 0.222. The molecule has 0 atom stereocenters. The van der Waals surface area contributed by atoms with Crippen LogP contribution in [0.15, 0.2) is 37.6 Å². The zero-order chi connectivity index (χ0) is 9.40. The Morgan fingerprint density at radius 1 is 1.33 bits per heavy atom. The first kappa shape index (κ1) is 10.5. The van der Waals surface area contributed by atoms with E-state index in [9.17, 15) is 4.79 Å². The lowest BCUT2D eigenvalue weighted by Gasteiger charge is -2.14. The van der Waals surface area contributed by atoms with E-state index in [1.807, 2.05) is 4.90 Å². The Morgan fingerprint density at radius 3 is 2.17 bits per heavy atom. The van der Waals surface area contributed by atoms with Gasteiger partial charge in [-0.2, -0.15) is 0 Å². The first-order valence-electron chi connectivity index (χ1n) is 3.64. The molecule has 0 aliphatic rings. The highest BCUT2D eigenvalue weighted by atomic mass is 16.1. The van der Waals surface area contributed by atoms with Gasteiger partial charge in [0, 0.05) is 25.4 Å². The van der Waals surface area contributed by atoms with Gasteiger partial charge in [0.25, 0.3) is 0 Å². The number of hydrogen-bond donors (Lipinski definition) is 1. The Morgan fingerprint density at radius 2 is 1.83 bits per heavy atom. The molecule has 0 fully saturated rings. The fourth-order valence-corrected chi connectivity index (χ4v) is 0.707. The van der Waals surface area contributed by atoms with Gasteiger partial charge in [-0.3, -0.25) is 4.79 Å². The van der Waals surface area contributed by atoms with Gasteiger partial charge in [0.05, 0.1) is 0 Å². The van der Waals surface area contributed by atoms with Crippen LogP contribution in [-0.2, 0) is 4.79 Å². The molecule has 2 N–H and O–H groups in total. The normalized spacial score (nSPS) is 9.67. The van der Waals surface area contributed by atoms with Crippen molar-refractivity contribution in [3.8, 4) is 0 Å². The van der Waals surface area contributed by atoms with Gasteiger partial charge in [0.1, 0.15) is 0 Å². The van der Waals surface area contributed by atoms with E-state index in [-0.39, 0.29) is 0 Å². The van der Waals surface area contributed by atoms with E-state index in [4.69, 9.17) is 5.73 Å². The van der Waals surface area contributed by atoms with Crippen molar-refractivity contribution in [2.75, 3.05) is 13.1 Å². The Balaban J connectivity index is 4.00. The summed E-state index contributed by atoms with van der Waals surface area (Å²) < 4.78 is 0. The molecule has 66 valence electrons. The second-order valence-electron chi connectivity index (χ2n) is 2.25. The van der Waals surface area contributed by atoms with E-state index in [0.29, 0.717) is 13.1 Å². The quantitative estimate of drug-likeness (QED) is 0.465. The van der Waals surface area contributed by atoms with E-state index in [1.54, 1.807) is 18.4 Å². The number of carbonyl (C=O) groups excluding carboxylic acids is 1. The van der Waals surface area contributed by atoms with Crippen molar-refractivity contribution in [2.45, 2.75) is 0 Å². The third-order valence-electron chi connectivity index (χ3n) is 1.18.